The van der Waals surface area contributed by atoms with Crippen LogP contribution < -0.4 is 11.1 Å². The average molecular weight is 421 g/mol. The first-order chi connectivity index (χ1) is 13.6. The van der Waals surface area contributed by atoms with Gasteiger partial charge in [-0.05, 0) is 31.2 Å². The van der Waals surface area contributed by atoms with Crippen molar-refractivity contribution in [2.45, 2.75) is 57.5 Å². The number of rotatable bonds is 5. The Balaban J connectivity index is 0.00000240. The number of halogens is 1. The van der Waals surface area contributed by atoms with Gasteiger partial charge in [0.2, 0.25) is 11.7 Å². The molecule has 1 aromatic heterocycles. The van der Waals surface area contributed by atoms with Gasteiger partial charge in [-0.3, -0.25) is 10.1 Å². The first-order valence-electron chi connectivity index (χ1n) is 10.3. The van der Waals surface area contributed by atoms with Crippen molar-refractivity contribution in [1.29, 1.82) is 0 Å². The summed E-state index contributed by atoms with van der Waals surface area (Å²) in [6.45, 7) is 2.05. The zero-order valence-electron chi connectivity index (χ0n) is 16.7. The maximum atomic E-state index is 12.6. The number of nitrogens with one attached hydrogen (secondary N) is 1. The van der Waals surface area contributed by atoms with Crippen LogP contribution in [0.3, 0.4) is 0 Å². The molecule has 3 N–H and O–H groups in total. The first-order valence-corrected chi connectivity index (χ1v) is 10.3. The fourth-order valence-corrected chi connectivity index (χ4v) is 5.10. The first kappa shape index (κ1) is 21.7. The van der Waals surface area contributed by atoms with Crippen molar-refractivity contribution in [3.8, 4) is 0 Å². The van der Waals surface area contributed by atoms with Crippen molar-refractivity contribution in [3.63, 3.8) is 0 Å². The molecule has 1 saturated carbocycles. The number of carbonyl (C=O) groups excluding carboxylic acids is 2. The number of carbonyl (C=O) groups is 2. The van der Waals surface area contributed by atoms with Gasteiger partial charge in [-0.15, -0.1) is 12.4 Å². The fourth-order valence-electron chi connectivity index (χ4n) is 5.10. The molecule has 4 rings (SSSR count). The van der Waals surface area contributed by atoms with Crippen LogP contribution in [0.1, 0.15) is 67.6 Å². The van der Waals surface area contributed by atoms with Gasteiger partial charge in [0.05, 0.1) is 12.6 Å². The zero-order chi connectivity index (χ0) is 19.7. The molecule has 2 heterocycles. The molecule has 1 saturated heterocycles. The van der Waals surface area contributed by atoms with E-state index in [4.69, 9.17) is 14.9 Å². The van der Waals surface area contributed by atoms with Gasteiger partial charge in [-0.25, -0.2) is 4.79 Å². The van der Waals surface area contributed by atoms with Gasteiger partial charge in [0.25, 0.3) is 0 Å². The number of amides is 1. The third-order valence-electron chi connectivity index (χ3n) is 6.32. The van der Waals surface area contributed by atoms with Gasteiger partial charge >= 0.3 is 5.97 Å². The quantitative estimate of drug-likeness (QED) is 0.709. The average Bonchev–Trinajstić information content (AvgIpc) is 3.30. The van der Waals surface area contributed by atoms with Crippen LogP contribution in [0, 0.1) is 11.8 Å². The maximum Gasteiger partial charge on any atom is 0.374 e. The normalized spacial score (nSPS) is 24.9. The van der Waals surface area contributed by atoms with E-state index in [1.54, 1.807) is 6.92 Å². The molecular weight excluding hydrogens is 392 g/mol. The second-order valence-corrected chi connectivity index (χ2v) is 7.96. The second-order valence-electron chi connectivity index (χ2n) is 7.96. The van der Waals surface area contributed by atoms with Gasteiger partial charge in [0.1, 0.15) is 5.58 Å². The molecular formula is C22H29ClN2O4. The Morgan fingerprint density at radius 2 is 1.93 bits per heavy atom. The SMILES string of the molecule is CCOC(=O)c1oc2ccccc2c1C1C[C@@H](C2CCCCC2)[C@@H](C(N)=O)N1.Cl. The highest BCUT2D eigenvalue weighted by Crippen LogP contribution is 2.44. The van der Waals surface area contributed by atoms with Crippen molar-refractivity contribution in [1.82, 2.24) is 5.32 Å². The minimum Gasteiger partial charge on any atom is -0.460 e. The third kappa shape index (κ3) is 4.14. The molecule has 7 heteroatoms. The van der Waals surface area contributed by atoms with Crippen LogP contribution in [0.5, 0.6) is 0 Å². The van der Waals surface area contributed by atoms with Gasteiger partial charge in [0, 0.05) is 17.0 Å². The summed E-state index contributed by atoms with van der Waals surface area (Å²) in [5.41, 5.74) is 7.19. The van der Waals surface area contributed by atoms with Crippen molar-refractivity contribution in [2.75, 3.05) is 6.61 Å². The molecule has 2 aromatic rings. The van der Waals surface area contributed by atoms with E-state index >= 15 is 0 Å². The summed E-state index contributed by atoms with van der Waals surface area (Å²) in [5, 5.41) is 4.31. The number of hydrogen-bond acceptors (Lipinski definition) is 5. The smallest absolute Gasteiger partial charge is 0.374 e. The molecule has 1 unspecified atom stereocenters. The highest BCUT2D eigenvalue weighted by atomic mass is 35.5. The molecule has 29 heavy (non-hydrogen) atoms. The molecule has 2 fully saturated rings. The molecule has 0 spiro atoms. The minimum absolute atomic E-state index is 0. The van der Waals surface area contributed by atoms with E-state index in [0.29, 0.717) is 11.5 Å². The highest BCUT2D eigenvalue weighted by molar-refractivity contribution is 5.96. The lowest BCUT2D eigenvalue weighted by Gasteiger charge is -2.29. The molecule has 1 amide bonds. The van der Waals surface area contributed by atoms with E-state index in [-0.39, 0.29) is 48.7 Å². The Labute approximate surface area is 176 Å². The molecule has 158 valence electrons. The molecule has 3 atom stereocenters. The number of primary amides is 1. The number of furan rings is 1. The van der Waals surface area contributed by atoms with Crippen LogP contribution in [0.25, 0.3) is 11.0 Å². The van der Waals surface area contributed by atoms with E-state index in [1.165, 1.54) is 19.3 Å². The number of hydrogen-bond donors (Lipinski definition) is 2. The predicted molar refractivity (Wildman–Crippen MR) is 113 cm³/mol. The molecule has 6 nitrogen and oxygen atoms in total. The van der Waals surface area contributed by atoms with E-state index in [9.17, 15) is 9.59 Å². The van der Waals surface area contributed by atoms with Crippen molar-refractivity contribution in [3.05, 3.63) is 35.6 Å². The highest BCUT2D eigenvalue weighted by Gasteiger charge is 2.44. The fraction of sp³-hybridized carbons (Fsp3) is 0.545. The zero-order valence-corrected chi connectivity index (χ0v) is 17.5. The number of benzene rings is 1. The molecule has 1 aliphatic carbocycles. The number of para-hydroxylation sites is 1. The van der Waals surface area contributed by atoms with Gasteiger partial charge < -0.3 is 14.9 Å². The molecule has 0 radical (unpaired) electrons. The van der Waals surface area contributed by atoms with E-state index in [0.717, 1.165) is 30.2 Å². The van der Waals surface area contributed by atoms with Crippen molar-refractivity contribution in [2.24, 2.45) is 17.6 Å². The summed E-state index contributed by atoms with van der Waals surface area (Å²) in [6, 6.07) is 7.07. The predicted octanol–water partition coefficient (Wildman–Crippen LogP) is 4.12. The van der Waals surface area contributed by atoms with E-state index in [1.807, 2.05) is 24.3 Å². The molecule has 2 aliphatic rings. The Bertz CT molecular complexity index is 875. The second kappa shape index (κ2) is 9.18. The van der Waals surface area contributed by atoms with Crippen LogP contribution >= 0.6 is 12.4 Å². The number of ether oxygens (including phenoxy) is 1. The molecule has 1 aliphatic heterocycles. The van der Waals surface area contributed by atoms with Crippen LogP contribution in [0.4, 0.5) is 0 Å². The van der Waals surface area contributed by atoms with Gasteiger partial charge in [-0.2, -0.15) is 0 Å². The lowest BCUT2D eigenvalue weighted by Crippen LogP contribution is -2.43. The summed E-state index contributed by atoms with van der Waals surface area (Å²) in [6.07, 6.45) is 6.73. The Kier molecular flexibility index (Phi) is 6.85. The van der Waals surface area contributed by atoms with Crippen LogP contribution in [0.15, 0.2) is 28.7 Å². The summed E-state index contributed by atoms with van der Waals surface area (Å²) in [5.74, 6) is 0.128. The lowest BCUT2D eigenvalue weighted by atomic mass is 9.75. The Morgan fingerprint density at radius 3 is 2.62 bits per heavy atom. The summed E-state index contributed by atoms with van der Waals surface area (Å²) < 4.78 is 11.1. The summed E-state index contributed by atoms with van der Waals surface area (Å²) in [4.78, 5) is 24.8. The van der Waals surface area contributed by atoms with Crippen LogP contribution in [0.2, 0.25) is 0 Å². The minimum atomic E-state index is -0.466. The Hall–Kier alpha value is -2.05. The monoisotopic (exact) mass is 420 g/mol. The largest absolute Gasteiger partial charge is 0.460 e. The summed E-state index contributed by atoms with van der Waals surface area (Å²) >= 11 is 0. The molecule has 0 bridgehead atoms. The third-order valence-corrected chi connectivity index (χ3v) is 6.32. The van der Waals surface area contributed by atoms with E-state index < -0.39 is 5.97 Å². The number of esters is 1. The standard InChI is InChI=1S/C22H28N2O4.ClH/c1-2-27-22(26)20-18(14-10-6-7-11-17(14)28-20)16-12-15(19(24-16)21(23)25)13-8-4-3-5-9-13;/h6-7,10-11,13,15-16,19,24H,2-5,8-9,12H2,1H3,(H2,23,25);1H/t15-,16?,19-;/m0./s1. The number of fused-ring (bicyclic) bond motifs is 1. The number of nitrogens with two attached hydrogens (primary N) is 1. The van der Waals surface area contributed by atoms with Crippen LogP contribution in [-0.2, 0) is 9.53 Å². The van der Waals surface area contributed by atoms with E-state index in [2.05, 4.69) is 5.32 Å². The van der Waals surface area contributed by atoms with Crippen molar-refractivity contribution < 1.29 is 18.7 Å². The van der Waals surface area contributed by atoms with Crippen molar-refractivity contribution >= 4 is 35.3 Å². The topological polar surface area (TPSA) is 94.6 Å². The van der Waals surface area contributed by atoms with Gasteiger partial charge in [-0.1, -0.05) is 50.3 Å². The summed E-state index contributed by atoms with van der Waals surface area (Å²) in [7, 11) is 0. The molecule has 1 aromatic carbocycles. The lowest BCUT2D eigenvalue weighted by molar-refractivity contribution is -0.121. The van der Waals surface area contributed by atoms with Gasteiger partial charge in [0.15, 0.2) is 0 Å². The Morgan fingerprint density at radius 1 is 1.21 bits per heavy atom. The van der Waals surface area contributed by atoms with Crippen LogP contribution in [-0.4, -0.2) is 24.5 Å². The maximum absolute atomic E-state index is 12.6.